The van der Waals surface area contributed by atoms with E-state index in [4.69, 9.17) is 5.73 Å². The van der Waals surface area contributed by atoms with E-state index in [1.165, 1.54) is 12.8 Å². The van der Waals surface area contributed by atoms with Crippen LogP contribution in [-0.4, -0.2) is 23.1 Å². The van der Waals surface area contributed by atoms with E-state index < -0.39 is 0 Å². The Balaban J connectivity index is 2.29. The second-order valence-corrected chi connectivity index (χ2v) is 4.51. The Bertz CT molecular complexity index is 433. The molecule has 5 nitrogen and oxygen atoms in total. The van der Waals surface area contributed by atoms with Crippen molar-refractivity contribution in [1.82, 2.24) is 9.97 Å². The predicted molar refractivity (Wildman–Crippen MR) is 69.3 cm³/mol. The highest BCUT2D eigenvalue weighted by molar-refractivity contribution is 5.44. The van der Waals surface area contributed by atoms with Gasteiger partial charge in [0.25, 0.3) is 5.56 Å². The summed E-state index contributed by atoms with van der Waals surface area (Å²) in [6.45, 7) is 3.82. The summed E-state index contributed by atoms with van der Waals surface area (Å²) in [7, 11) is 0. The maximum Gasteiger partial charge on any atom is 0.257 e. The molecule has 94 valence electrons. The molecular weight excluding hydrogens is 216 g/mol. The van der Waals surface area contributed by atoms with Gasteiger partial charge in [-0.15, -0.1) is 0 Å². The van der Waals surface area contributed by atoms with Gasteiger partial charge in [-0.2, -0.15) is 4.98 Å². The number of H-pyrrole nitrogens is 1. The van der Waals surface area contributed by atoms with Crippen LogP contribution in [0, 0.1) is 0 Å². The van der Waals surface area contributed by atoms with Crippen LogP contribution in [0.25, 0.3) is 0 Å². The lowest BCUT2D eigenvalue weighted by Gasteiger charge is -2.21. The summed E-state index contributed by atoms with van der Waals surface area (Å²) in [4.78, 5) is 21.1. The molecule has 5 heteroatoms. The molecule has 17 heavy (non-hydrogen) atoms. The second-order valence-electron chi connectivity index (χ2n) is 4.51. The van der Waals surface area contributed by atoms with Gasteiger partial charge in [-0.05, 0) is 19.3 Å². The van der Waals surface area contributed by atoms with Gasteiger partial charge in [-0.1, -0.05) is 19.8 Å². The Hall–Kier alpha value is -1.52. The first-order chi connectivity index (χ1) is 8.22. The van der Waals surface area contributed by atoms with Crippen LogP contribution >= 0.6 is 0 Å². The summed E-state index contributed by atoms with van der Waals surface area (Å²) in [6.07, 6.45) is 5.43. The molecule has 0 bridgehead atoms. The van der Waals surface area contributed by atoms with Gasteiger partial charge in [0.15, 0.2) is 0 Å². The van der Waals surface area contributed by atoms with Crippen molar-refractivity contribution in [3.63, 3.8) is 0 Å². The Labute approximate surface area is 101 Å². The standard InChI is InChI=1S/C12H20N4O/c1-2-9-10(13)14-12(15-11(9)17)16-7-5-3-4-6-8-16/h2-8H2,1H3,(H3,13,14,15,17). The predicted octanol–water partition coefficient (Wildman–Crippen LogP) is 1.29. The zero-order valence-corrected chi connectivity index (χ0v) is 10.3. The Morgan fingerprint density at radius 2 is 1.94 bits per heavy atom. The number of nitrogens with two attached hydrogens (primary N) is 1. The van der Waals surface area contributed by atoms with Crippen LogP contribution in [0.15, 0.2) is 4.79 Å². The lowest BCUT2D eigenvalue weighted by molar-refractivity contribution is 0.726. The maximum absolute atomic E-state index is 11.8. The molecule has 1 saturated heterocycles. The normalized spacial score (nSPS) is 16.9. The first-order valence-electron chi connectivity index (χ1n) is 6.36. The number of aromatic nitrogens is 2. The fourth-order valence-electron chi connectivity index (χ4n) is 2.28. The van der Waals surface area contributed by atoms with Crippen LogP contribution in [0.5, 0.6) is 0 Å². The molecule has 2 heterocycles. The molecule has 1 fully saturated rings. The van der Waals surface area contributed by atoms with Crippen molar-refractivity contribution in [1.29, 1.82) is 0 Å². The highest BCUT2D eigenvalue weighted by atomic mass is 16.1. The van der Waals surface area contributed by atoms with Crippen molar-refractivity contribution in [2.75, 3.05) is 23.7 Å². The molecular formula is C12H20N4O. The fraction of sp³-hybridized carbons (Fsp3) is 0.667. The second kappa shape index (κ2) is 5.21. The van der Waals surface area contributed by atoms with Gasteiger partial charge in [0.1, 0.15) is 5.82 Å². The third-order valence-corrected chi connectivity index (χ3v) is 3.29. The molecule has 0 radical (unpaired) electrons. The largest absolute Gasteiger partial charge is 0.383 e. The monoisotopic (exact) mass is 236 g/mol. The molecule has 0 unspecified atom stereocenters. The Morgan fingerprint density at radius 1 is 1.29 bits per heavy atom. The first kappa shape index (κ1) is 12.0. The van der Waals surface area contributed by atoms with E-state index in [2.05, 4.69) is 14.9 Å². The third-order valence-electron chi connectivity index (χ3n) is 3.29. The molecule has 1 aromatic rings. The van der Waals surface area contributed by atoms with Crippen molar-refractivity contribution in [2.24, 2.45) is 0 Å². The van der Waals surface area contributed by atoms with Crippen molar-refractivity contribution in [3.8, 4) is 0 Å². The molecule has 0 atom stereocenters. The molecule has 2 rings (SSSR count). The van der Waals surface area contributed by atoms with Crippen LogP contribution in [0.3, 0.4) is 0 Å². The summed E-state index contributed by atoms with van der Waals surface area (Å²) in [6, 6.07) is 0. The summed E-state index contributed by atoms with van der Waals surface area (Å²) < 4.78 is 0. The average Bonchev–Trinajstić information content (AvgIpc) is 2.57. The Morgan fingerprint density at radius 3 is 2.47 bits per heavy atom. The van der Waals surface area contributed by atoms with E-state index >= 15 is 0 Å². The number of hydrogen-bond acceptors (Lipinski definition) is 4. The van der Waals surface area contributed by atoms with Crippen LogP contribution in [0.2, 0.25) is 0 Å². The molecule has 1 aliphatic rings. The van der Waals surface area contributed by atoms with Gasteiger partial charge in [-0.25, -0.2) is 0 Å². The van der Waals surface area contributed by atoms with E-state index in [9.17, 15) is 4.79 Å². The van der Waals surface area contributed by atoms with Crippen molar-refractivity contribution in [3.05, 3.63) is 15.9 Å². The van der Waals surface area contributed by atoms with Crippen LogP contribution in [0.4, 0.5) is 11.8 Å². The molecule has 3 N–H and O–H groups in total. The van der Waals surface area contributed by atoms with Gasteiger partial charge in [0, 0.05) is 13.1 Å². The van der Waals surface area contributed by atoms with E-state index in [0.29, 0.717) is 23.8 Å². The molecule has 0 aromatic carbocycles. The minimum atomic E-state index is -0.0979. The van der Waals surface area contributed by atoms with E-state index in [0.717, 1.165) is 25.9 Å². The third kappa shape index (κ3) is 2.60. The maximum atomic E-state index is 11.8. The molecule has 0 spiro atoms. The SMILES string of the molecule is CCc1c(N)nc(N2CCCCCC2)[nH]c1=O. The average molecular weight is 236 g/mol. The lowest BCUT2D eigenvalue weighted by atomic mass is 10.2. The van der Waals surface area contributed by atoms with E-state index in [1.807, 2.05) is 6.92 Å². The molecule has 0 amide bonds. The smallest absolute Gasteiger partial charge is 0.257 e. The number of hydrogen-bond donors (Lipinski definition) is 2. The first-order valence-corrected chi connectivity index (χ1v) is 6.36. The molecule has 0 saturated carbocycles. The number of nitrogens with one attached hydrogen (secondary N) is 1. The zero-order chi connectivity index (χ0) is 12.3. The summed E-state index contributed by atoms with van der Waals surface area (Å²) in [5.74, 6) is 1.00. The van der Waals surface area contributed by atoms with Crippen LogP contribution in [-0.2, 0) is 6.42 Å². The summed E-state index contributed by atoms with van der Waals surface area (Å²) >= 11 is 0. The van der Waals surface area contributed by atoms with Crippen molar-refractivity contribution in [2.45, 2.75) is 39.0 Å². The minimum absolute atomic E-state index is 0.0979. The van der Waals surface area contributed by atoms with Crippen LogP contribution < -0.4 is 16.2 Å². The lowest BCUT2D eigenvalue weighted by Crippen LogP contribution is -2.29. The highest BCUT2D eigenvalue weighted by Crippen LogP contribution is 2.16. The highest BCUT2D eigenvalue weighted by Gasteiger charge is 2.14. The van der Waals surface area contributed by atoms with E-state index in [1.54, 1.807) is 0 Å². The summed E-state index contributed by atoms with van der Waals surface area (Å²) in [5, 5.41) is 0. The number of nitrogens with zero attached hydrogens (tertiary/aromatic N) is 2. The summed E-state index contributed by atoms with van der Waals surface area (Å²) in [5.41, 5.74) is 6.31. The topological polar surface area (TPSA) is 75.0 Å². The quantitative estimate of drug-likeness (QED) is 0.811. The Kier molecular flexibility index (Phi) is 3.66. The van der Waals surface area contributed by atoms with Gasteiger partial charge >= 0.3 is 0 Å². The van der Waals surface area contributed by atoms with Gasteiger partial charge in [0.05, 0.1) is 5.56 Å². The fourth-order valence-corrected chi connectivity index (χ4v) is 2.28. The molecule has 0 aliphatic carbocycles. The van der Waals surface area contributed by atoms with Crippen molar-refractivity contribution >= 4 is 11.8 Å². The molecule has 1 aromatic heterocycles. The zero-order valence-electron chi connectivity index (χ0n) is 10.3. The number of anilines is 2. The van der Waals surface area contributed by atoms with Gasteiger partial charge < -0.3 is 10.6 Å². The van der Waals surface area contributed by atoms with E-state index in [-0.39, 0.29) is 5.56 Å². The van der Waals surface area contributed by atoms with Crippen molar-refractivity contribution < 1.29 is 0 Å². The van der Waals surface area contributed by atoms with Crippen LogP contribution in [0.1, 0.15) is 38.2 Å². The van der Waals surface area contributed by atoms with Gasteiger partial charge in [-0.3, -0.25) is 9.78 Å². The number of rotatable bonds is 2. The van der Waals surface area contributed by atoms with Gasteiger partial charge in [0.2, 0.25) is 5.95 Å². The number of aromatic amines is 1. The minimum Gasteiger partial charge on any atom is -0.383 e. The molecule has 1 aliphatic heterocycles. The number of nitrogen functional groups attached to an aromatic ring is 1.